The molecule has 8 nitrogen and oxygen atoms in total. The quantitative estimate of drug-likeness (QED) is 0.659. The zero-order chi connectivity index (χ0) is 19.4. The van der Waals surface area contributed by atoms with Gasteiger partial charge in [0.25, 0.3) is 15.9 Å². The Labute approximate surface area is 169 Å². The van der Waals surface area contributed by atoms with Gasteiger partial charge in [-0.1, -0.05) is 6.07 Å². The first kappa shape index (κ1) is 19.9. The van der Waals surface area contributed by atoms with Gasteiger partial charge in [0.05, 0.1) is 9.70 Å². The van der Waals surface area contributed by atoms with Gasteiger partial charge in [-0.2, -0.15) is 4.31 Å². The van der Waals surface area contributed by atoms with Gasteiger partial charge in [0.15, 0.2) is 0 Å². The summed E-state index contributed by atoms with van der Waals surface area (Å²) in [7, 11) is -3.64. The molecule has 0 aromatic carbocycles. The maximum Gasteiger partial charge on any atom is 0.288 e. The number of nitrogens with zero attached hydrogens (tertiary/aromatic N) is 2. The molecule has 0 radical (unpaired) electrons. The van der Waals surface area contributed by atoms with E-state index in [1.165, 1.54) is 16.6 Å². The number of piperidine rings is 1. The van der Waals surface area contributed by atoms with E-state index < -0.39 is 27.8 Å². The lowest BCUT2D eigenvalue weighted by Gasteiger charge is -2.30. The highest BCUT2D eigenvalue weighted by atomic mass is 79.9. The lowest BCUT2D eigenvalue weighted by atomic mass is 9.99. The number of rotatable bonds is 4. The van der Waals surface area contributed by atoms with Gasteiger partial charge in [0.1, 0.15) is 9.90 Å². The van der Waals surface area contributed by atoms with Crippen molar-refractivity contribution < 1.29 is 18.0 Å². The molecule has 0 aliphatic carbocycles. The highest BCUT2D eigenvalue weighted by Crippen LogP contribution is 2.30. The number of hydrazine groups is 1. The molecule has 1 aliphatic heterocycles. The van der Waals surface area contributed by atoms with Crippen LogP contribution in [0.25, 0.3) is 0 Å². The normalized spacial score (nSPS) is 18.0. The molecule has 2 aromatic heterocycles. The van der Waals surface area contributed by atoms with Gasteiger partial charge >= 0.3 is 0 Å². The van der Waals surface area contributed by atoms with Crippen LogP contribution in [0.5, 0.6) is 0 Å². The van der Waals surface area contributed by atoms with Crippen molar-refractivity contribution in [2.45, 2.75) is 17.1 Å². The van der Waals surface area contributed by atoms with E-state index in [1.807, 2.05) is 0 Å². The first-order valence-corrected chi connectivity index (χ1v) is 11.2. The third-order valence-corrected chi connectivity index (χ3v) is 8.05. The van der Waals surface area contributed by atoms with E-state index in [0.717, 1.165) is 15.1 Å². The molecule has 1 atom stereocenters. The number of sulfonamides is 1. The molecule has 1 fully saturated rings. The SMILES string of the molecule is O=C(NNC(=O)C1CCCN(S(=O)(=O)c2ccc(Br)s2)C1)c1ccccn1. The van der Waals surface area contributed by atoms with Crippen molar-refractivity contribution in [1.29, 1.82) is 0 Å². The Morgan fingerprint density at radius 1 is 1.22 bits per heavy atom. The zero-order valence-electron chi connectivity index (χ0n) is 14.1. The fourth-order valence-electron chi connectivity index (χ4n) is 2.72. The number of thiophene rings is 1. The van der Waals surface area contributed by atoms with E-state index in [2.05, 4.69) is 31.8 Å². The molecule has 2 amide bonds. The summed E-state index contributed by atoms with van der Waals surface area (Å²) >= 11 is 4.40. The third kappa shape index (κ3) is 4.72. The Morgan fingerprint density at radius 3 is 2.70 bits per heavy atom. The molecule has 0 spiro atoms. The van der Waals surface area contributed by atoms with Crippen molar-refractivity contribution in [1.82, 2.24) is 20.1 Å². The second kappa shape index (κ2) is 8.46. The number of aromatic nitrogens is 1. The Hall–Kier alpha value is -1.82. The average Bonchev–Trinajstić information content (AvgIpc) is 3.14. The Kier molecular flexibility index (Phi) is 6.25. The summed E-state index contributed by atoms with van der Waals surface area (Å²) in [6, 6.07) is 8.09. The van der Waals surface area contributed by atoms with Crippen molar-refractivity contribution in [3.05, 3.63) is 46.0 Å². The number of nitrogens with one attached hydrogen (secondary N) is 2. The second-order valence-electron chi connectivity index (χ2n) is 5.92. The summed E-state index contributed by atoms with van der Waals surface area (Å²) < 4.78 is 27.7. The van der Waals surface area contributed by atoms with Crippen molar-refractivity contribution in [2.75, 3.05) is 13.1 Å². The number of carbonyl (C=O) groups is 2. The highest BCUT2D eigenvalue weighted by Gasteiger charge is 2.34. The van der Waals surface area contributed by atoms with Crippen LogP contribution in [0.1, 0.15) is 23.3 Å². The second-order valence-corrected chi connectivity index (χ2v) is 10.5. The van der Waals surface area contributed by atoms with E-state index in [0.29, 0.717) is 19.4 Å². The van der Waals surface area contributed by atoms with E-state index in [1.54, 1.807) is 24.3 Å². The molecule has 1 aliphatic rings. The molecule has 3 heterocycles. The van der Waals surface area contributed by atoms with Crippen LogP contribution in [-0.4, -0.2) is 42.6 Å². The van der Waals surface area contributed by atoms with Gasteiger partial charge in [0.2, 0.25) is 5.91 Å². The number of halogens is 1. The summed E-state index contributed by atoms with van der Waals surface area (Å²) in [5.74, 6) is -1.50. The summed E-state index contributed by atoms with van der Waals surface area (Å²) in [5.41, 5.74) is 4.85. The number of hydrogen-bond acceptors (Lipinski definition) is 6. The molecule has 1 unspecified atom stereocenters. The van der Waals surface area contributed by atoms with Gasteiger partial charge < -0.3 is 0 Å². The lowest BCUT2D eigenvalue weighted by molar-refractivity contribution is -0.126. The first-order chi connectivity index (χ1) is 12.9. The van der Waals surface area contributed by atoms with Gasteiger partial charge in [0, 0.05) is 19.3 Å². The van der Waals surface area contributed by atoms with Gasteiger partial charge in [-0.3, -0.25) is 25.4 Å². The van der Waals surface area contributed by atoms with Crippen molar-refractivity contribution in [2.24, 2.45) is 5.92 Å². The molecular formula is C16H17BrN4O4S2. The number of amides is 2. The minimum atomic E-state index is -3.64. The Morgan fingerprint density at radius 2 is 2.04 bits per heavy atom. The molecule has 2 aromatic rings. The van der Waals surface area contributed by atoms with Crippen LogP contribution >= 0.6 is 27.3 Å². The summed E-state index contributed by atoms with van der Waals surface area (Å²) in [5, 5.41) is 0. The summed E-state index contributed by atoms with van der Waals surface area (Å²) in [6.07, 6.45) is 2.59. The molecule has 3 rings (SSSR count). The fraction of sp³-hybridized carbons (Fsp3) is 0.312. The first-order valence-electron chi connectivity index (χ1n) is 8.14. The van der Waals surface area contributed by atoms with Crippen molar-refractivity contribution >= 4 is 49.1 Å². The van der Waals surface area contributed by atoms with Crippen LogP contribution in [0, 0.1) is 5.92 Å². The number of hydrogen-bond donors (Lipinski definition) is 2. The van der Waals surface area contributed by atoms with Crippen LogP contribution in [-0.2, 0) is 14.8 Å². The third-order valence-electron chi connectivity index (χ3n) is 4.09. The Bertz CT molecular complexity index is 933. The zero-order valence-corrected chi connectivity index (χ0v) is 17.3. The molecule has 0 bridgehead atoms. The molecule has 2 N–H and O–H groups in total. The van der Waals surface area contributed by atoms with Crippen LogP contribution in [0.4, 0.5) is 0 Å². The standard InChI is InChI=1S/C16H17BrN4O4S2/c17-13-6-7-14(26-13)27(24,25)21-9-3-4-11(10-21)15(22)19-20-16(23)12-5-1-2-8-18-12/h1-2,5-8,11H,3-4,9-10H2,(H,19,22)(H,20,23). The van der Waals surface area contributed by atoms with Crippen LogP contribution in [0.3, 0.4) is 0 Å². The van der Waals surface area contributed by atoms with Gasteiger partial charge in [-0.15, -0.1) is 11.3 Å². The molecule has 1 saturated heterocycles. The number of carbonyl (C=O) groups excluding carboxylic acids is 2. The molecule has 27 heavy (non-hydrogen) atoms. The van der Waals surface area contributed by atoms with Gasteiger partial charge in [-0.25, -0.2) is 8.42 Å². The van der Waals surface area contributed by atoms with Gasteiger partial charge in [-0.05, 0) is 53.0 Å². The minimum Gasteiger partial charge on any atom is -0.273 e. The van der Waals surface area contributed by atoms with E-state index in [4.69, 9.17) is 0 Å². The topological polar surface area (TPSA) is 108 Å². The number of pyridine rings is 1. The highest BCUT2D eigenvalue weighted by molar-refractivity contribution is 9.11. The predicted molar refractivity (Wildman–Crippen MR) is 103 cm³/mol. The van der Waals surface area contributed by atoms with Crippen LogP contribution < -0.4 is 10.9 Å². The van der Waals surface area contributed by atoms with Crippen molar-refractivity contribution in [3.8, 4) is 0 Å². The predicted octanol–water partition coefficient (Wildman–Crippen LogP) is 1.77. The maximum absolute atomic E-state index is 12.7. The maximum atomic E-state index is 12.7. The molecule has 144 valence electrons. The molecular weight excluding hydrogens is 456 g/mol. The molecule has 0 saturated carbocycles. The average molecular weight is 473 g/mol. The lowest BCUT2D eigenvalue weighted by Crippen LogP contribution is -2.50. The molecule has 11 heteroatoms. The smallest absolute Gasteiger partial charge is 0.273 e. The van der Waals surface area contributed by atoms with Crippen LogP contribution in [0.15, 0.2) is 44.5 Å². The fourth-order valence-corrected chi connectivity index (χ4v) is 6.41. The monoisotopic (exact) mass is 472 g/mol. The van der Waals surface area contributed by atoms with E-state index in [-0.39, 0.29) is 16.4 Å². The minimum absolute atomic E-state index is 0.0726. The summed E-state index contributed by atoms with van der Waals surface area (Å²) in [4.78, 5) is 28.2. The Balaban J connectivity index is 1.60. The van der Waals surface area contributed by atoms with E-state index >= 15 is 0 Å². The largest absolute Gasteiger partial charge is 0.288 e. The van der Waals surface area contributed by atoms with Crippen LogP contribution in [0.2, 0.25) is 0 Å². The van der Waals surface area contributed by atoms with Crippen molar-refractivity contribution in [3.63, 3.8) is 0 Å². The van der Waals surface area contributed by atoms with E-state index in [9.17, 15) is 18.0 Å². The summed E-state index contributed by atoms with van der Waals surface area (Å²) in [6.45, 7) is 0.436.